The van der Waals surface area contributed by atoms with Crippen molar-refractivity contribution in [3.05, 3.63) is 60.2 Å². The number of aliphatic hydroxyl groups excluding tert-OH is 1. The number of hydrogen-bond donors (Lipinski definition) is 3. The van der Waals surface area contributed by atoms with Gasteiger partial charge in [0.2, 0.25) is 0 Å². The smallest absolute Gasteiger partial charge is 0.254 e. The molecule has 0 bridgehead atoms. The number of ether oxygens (including phenoxy) is 2. The third-order valence-electron chi connectivity index (χ3n) is 4.06. The molecular formula is C20H26N2O4. The van der Waals surface area contributed by atoms with E-state index in [1.807, 2.05) is 48.6 Å². The fraction of sp³-hybridized carbons (Fsp3) is 0.350. The number of nitrogens with two attached hydrogens (primary N) is 1. The van der Waals surface area contributed by atoms with E-state index in [1.54, 1.807) is 19.3 Å². The first-order chi connectivity index (χ1) is 12.6. The Kier molecular flexibility index (Phi) is 7.59. The zero-order chi connectivity index (χ0) is 18.8. The van der Waals surface area contributed by atoms with Crippen LogP contribution < -0.4 is 15.8 Å². The molecule has 0 fully saturated rings. The molecule has 1 aromatic carbocycles. The van der Waals surface area contributed by atoms with Crippen molar-refractivity contribution in [3.8, 4) is 5.75 Å². The standard InChI is InChI=1S/C20H26N2O4/c1-25-18-10-4-3-8-16(18)9-7-13-22-14-17(23)15-26-20(19(21)24)11-5-2-6-12-20/h2-11,17,22-23H,12-15H2,1H3,(H2,21,24)/b9-7+. The third-order valence-corrected chi connectivity index (χ3v) is 4.06. The first kappa shape index (κ1) is 19.9. The van der Waals surface area contributed by atoms with Gasteiger partial charge in [-0.2, -0.15) is 0 Å². The van der Waals surface area contributed by atoms with Crippen LogP contribution in [0.4, 0.5) is 0 Å². The molecule has 140 valence electrons. The van der Waals surface area contributed by atoms with Gasteiger partial charge in [0, 0.05) is 25.1 Å². The Morgan fingerprint density at radius 3 is 2.92 bits per heavy atom. The summed E-state index contributed by atoms with van der Waals surface area (Å²) in [4.78, 5) is 11.7. The van der Waals surface area contributed by atoms with Crippen molar-refractivity contribution in [2.45, 2.75) is 18.1 Å². The second kappa shape index (κ2) is 9.91. The highest BCUT2D eigenvalue weighted by molar-refractivity contribution is 5.86. The van der Waals surface area contributed by atoms with E-state index >= 15 is 0 Å². The third kappa shape index (κ3) is 5.56. The molecular weight excluding hydrogens is 332 g/mol. The van der Waals surface area contributed by atoms with Gasteiger partial charge in [0.15, 0.2) is 5.60 Å². The lowest BCUT2D eigenvalue weighted by molar-refractivity contribution is -0.140. The number of methoxy groups -OCH3 is 1. The highest BCUT2D eigenvalue weighted by atomic mass is 16.5. The largest absolute Gasteiger partial charge is 0.496 e. The van der Waals surface area contributed by atoms with Gasteiger partial charge in [0.05, 0.1) is 19.8 Å². The Bertz CT molecular complexity index is 684. The van der Waals surface area contributed by atoms with Crippen molar-refractivity contribution in [1.29, 1.82) is 0 Å². The average molecular weight is 358 g/mol. The Morgan fingerprint density at radius 2 is 2.23 bits per heavy atom. The van der Waals surface area contributed by atoms with E-state index in [4.69, 9.17) is 15.2 Å². The normalized spacial score (nSPS) is 20.4. The number of carbonyl (C=O) groups is 1. The number of benzene rings is 1. The van der Waals surface area contributed by atoms with Crippen LogP contribution in [0.1, 0.15) is 12.0 Å². The number of allylic oxidation sites excluding steroid dienone is 2. The van der Waals surface area contributed by atoms with Crippen LogP contribution in [0.15, 0.2) is 54.6 Å². The van der Waals surface area contributed by atoms with Crippen molar-refractivity contribution in [1.82, 2.24) is 5.32 Å². The Labute approximate surface area is 154 Å². The highest BCUT2D eigenvalue weighted by Crippen LogP contribution is 2.22. The molecule has 1 aliphatic carbocycles. The number of para-hydroxylation sites is 1. The quantitative estimate of drug-likeness (QED) is 0.550. The maximum Gasteiger partial charge on any atom is 0.254 e. The summed E-state index contributed by atoms with van der Waals surface area (Å²) in [5.74, 6) is 0.251. The fourth-order valence-electron chi connectivity index (χ4n) is 2.59. The zero-order valence-corrected chi connectivity index (χ0v) is 14.9. The summed E-state index contributed by atoms with van der Waals surface area (Å²) in [6.07, 6.45) is 10.5. The topological polar surface area (TPSA) is 93.8 Å². The lowest BCUT2D eigenvalue weighted by Crippen LogP contribution is -2.47. The maximum absolute atomic E-state index is 11.7. The molecule has 4 N–H and O–H groups in total. The molecule has 26 heavy (non-hydrogen) atoms. The minimum absolute atomic E-state index is 0.0182. The van der Waals surface area contributed by atoms with Crippen LogP contribution in [-0.4, -0.2) is 49.5 Å². The predicted octanol–water partition coefficient (Wildman–Crippen LogP) is 1.42. The summed E-state index contributed by atoms with van der Waals surface area (Å²) in [6.45, 7) is 0.938. The van der Waals surface area contributed by atoms with Crippen LogP contribution in [0, 0.1) is 0 Å². The van der Waals surface area contributed by atoms with Gasteiger partial charge in [0.25, 0.3) is 5.91 Å². The van der Waals surface area contributed by atoms with Gasteiger partial charge < -0.3 is 25.6 Å². The molecule has 6 heteroatoms. The van der Waals surface area contributed by atoms with Gasteiger partial charge in [-0.1, -0.05) is 48.6 Å². The fourth-order valence-corrected chi connectivity index (χ4v) is 2.59. The monoisotopic (exact) mass is 358 g/mol. The summed E-state index contributed by atoms with van der Waals surface area (Å²) >= 11 is 0. The number of aliphatic hydroxyl groups is 1. The number of primary amides is 1. The highest BCUT2D eigenvalue weighted by Gasteiger charge is 2.35. The minimum atomic E-state index is -1.17. The van der Waals surface area contributed by atoms with Gasteiger partial charge >= 0.3 is 0 Å². The van der Waals surface area contributed by atoms with Crippen molar-refractivity contribution in [3.63, 3.8) is 0 Å². The van der Waals surface area contributed by atoms with E-state index < -0.39 is 17.6 Å². The minimum Gasteiger partial charge on any atom is -0.496 e. The molecule has 2 unspecified atom stereocenters. The lowest BCUT2D eigenvalue weighted by Gasteiger charge is -2.29. The second-order valence-electron chi connectivity index (χ2n) is 6.01. The molecule has 0 saturated heterocycles. The average Bonchev–Trinajstić information content (AvgIpc) is 2.67. The molecule has 0 spiro atoms. The Balaban J connectivity index is 1.73. The van der Waals surface area contributed by atoms with E-state index in [2.05, 4.69) is 5.32 Å². The molecule has 0 saturated carbocycles. The first-order valence-electron chi connectivity index (χ1n) is 8.54. The number of rotatable bonds is 10. The lowest BCUT2D eigenvalue weighted by atomic mass is 9.94. The summed E-state index contributed by atoms with van der Waals surface area (Å²) in [5.41, 5.74) is 5.26. The van der Waals surface area contributed by atoms with E-state index in [0.29, 0.717) is 19.5 Å². The number of nitrogens with one attached hydrogen (secondary N) is 1. The Hall–Kier alpha value is -2.41. The summed E-state index contributed by atoms with van der Waals surface area (Å²) in [6, 6.07) is 7.73. The summed E-state index contributed by atoms with van der Waals surface area (Å²) in [7, 11) is 1.64. The molecule has 0 radical (unpaired) electrons. The number of hydrogen-bond acceptors (Lipinski definition) is 5. The molecule has 1 aliphatic rings. The zero-order valence-electron chi connectivity index (χ0n) is 14.9. The van der Waals surface area contributed by atoms with Crippen LogP contribution in [-0.2, 0) is 9.53 Å². The van der Waals surface area contributed by atoms with Crippen molar-refractivity contribution in [2.75, 3.05) is 26.8 Å². The molecule has 0 aromatic heterocycles. The van der Waals surface area contributed by atoms with E-state index in [-0.39, 0.29) is 6.61 Å². The van der Waals surface area contributed by atoms with Crippen LogP contribution in [0.25, 0.3) is 6.08 Å². The van der Waals surface area contributed by atoms with Crippen LogP contribution in [0.5, 0.6) is 5.75 Å². The van der Waals surface area contributed by atoms with E-state index in [9.17, 15) is 9.90 Å². The SMILES string of the molecule is COc1ccccc1/C=C/CNCC(O)COC1(C(N)=O)C=CC=CC1. The van der Waals surface area contributed by atoms with E-state index in [1.165, 1.54) is 0 Å². The molecule has 0 aliphatic heterocycles. The molecule has 0 heterocycles. The second-order valence-corrected chi connectivity index (χ2v) is 6.01. The Morgan fingerprint density at radius 1 is 1.42 bits per heavy atom. The number of carbonyl (C=O) groups excluding carboxylic acids is 1. The van der Waals surface area contributed by atoms with Crippen LogP contribution in [0.3, 0.4) is 0 Å². The van der Waals surface area contributed by atoms with Crippen molar-refractivity contribution in [2.24, 2.45) is 5.73 Å². The van der Waals surface area contributed by atoms with Crippen LogP contribution in [0.2, 0.25) is 0 Å². The number of amides is 1. The van der Waals surface area contributed by atoms with Crippen LogP contribution >= 0.6 is 0 Å². The van der Waals surface area contributed by atoms with Gasteiger partial charge in [-0.15, -0.1) is 0 Å². The maximum atomic E-state index is 11.7. The van der Waals surface area contributed by atoms with Gasteiger partial charge in [0.1, 0.15) is 5.75 Å². The molecule has 1 aromatic rings. The molecule has 2 rings (SSSR count). The van der Waals surface area contributed by atoms with E-state index in [0.717, 1.165) is 11.3 Å². The van der Waals surface area contributed by atoms with Crippen molar-refractivity contribution < 1.29 is 19.4 Å². The predicted molar refractivity (Wildman–Crippen MR) is 102 cm³/mol. The molecule has 6 nitrogen and oxygen atoms in total. The van der Waals surface area contributed by atoms with Crippen molar-refractivity contribution >= 4 is 12.0 Å². The van der Waals surface area contributed by atoms with Gasteiger partial charge in [-0.3, -0.25) is 4.79 Å². The van der Waals surface area contributed by atoms with Gasteiger partial charge in [-0.05, 0) is 12.1 Å². The first-order valence-corrected chi connectivity index (χ1v) is 8.54. The molecule has 1 amide bonds. The molecule has 2 atom stereocenters. The van der Waals surface area contributed by atoms with Gasteiger partial charge in [-0.25, -0.2) is 0 Å². The summed E-state index contributed by atoms with van der Waals surface area (Å²) in [5, 5.41) is 13.2. The summed E-state index contributed by atoms with van der Waals surface area (Å²) < 4.78 is 10.9.